The second-order valence-corrected chi connectivity index (χ2v) is 8.78. The van der Waals surface area contributed by atoms with Crippen molar-refractivity contribution in [1.29, 1.82) is 0 Å². The van der Waals surface area contributed by atoms with Crippen LogP contribution in [-0.4, -0.2) is 18.2 Å². The number of nitrogens with one attached hydrogen (secondary N) is 1. The summed E-state index contributed by atoms with van der Waals surface area (Å²) in [5.74, 6) is 0.293. The fraction of sp³-hybridized carbons (Fsp3) is 0.250. The third-order valence-electron chi connectivity index (χ3n) is 4.70. The average Bonchev–Trinajstić information content (AvgIpc) is 3.01. The summed E-state index contributed by atoms with van der Waals surface area (Å²) in [6.07, 6.45) is 1.74. The Balaban J connectivity index is 1.86. The second kappa shape index (κ2) is 7.37. The topological polar surface area (TPSA) is 64.0 Å². The number of halogens is 1. The molecule has 3 rings (SSSR count). The van der Waals surface area contributed by atoms with E-state index in [4.69, 9.17) is 11.6 Å². The van der Waals surface area contributed by atoms with E-state index in [0.717, 1.165) is 27.8 Å². The van der Waals surface area contributed by atoms with Crippen molar-refractivity contribution >= 4 is 27.4 Å². The van der Waals surface area contributed by atoms with Gasteiger partial charge in [0.05, 0.1) is 11.4 Å². The minimum Gasteiger partial charge on any atom is -0.266 e. The summed E-state index contributed by atoms with van der Waals surface area (Å²) in [6, 6.07) is 11.1. The molecule has 0 spiro atoms. The maximum atomic E-state index is 13.0. The van der Waals surface area contributed by atoms with Crippen LogP contribution in [0.4, 0.5) is 5.82 Å². The number of aryl methyl sites for hydroxylation is 2. The van der Waals surface area contributed by atoms with Gasteiger partial charge in [-0.05, 0) is 67.6 Å². The molecule has 0 saturated carbocycles. The molecule has 0 atom stereocenters. The monoisotopic (exact) mass is 403 g/mol. The van der Waals surface area contributed by atoms with Crippen molar-refractivity contribution in [3.8, 4) is 0 Å². The van der Waals surface area contributed by atoms with Gasteiger partial charge in [-0.3, -0.25) is 9.40 Å². The molecular weight excluding hydrogens is 382 g/mol. The average molecular weight is 404 g/mol. The summed E-state index contributed by atoms with van der Waals surface area (Å²) in [5.41, 5.74) is 4.44. The van der Waals surface area contributed by atoms with E-state index in [2.05, 4.69) is 9.82 Å². The summed E-state index contributed by atoms with van der Waals surface area (Å²) in [5, 5.41) is 5.01. The first-order valence-corrected chi connectivity index (χ1v) is 10.4. The Bertz CT molecular complexity index is 1060. The van der Waals surface area contributed by atoms with Gasteiger partial charge in [0, 0.05) is 17.3 Å². The van der Waals surface area contributed by atoms with Gasteiger partial charge in [0.1, 0.15) is 0 Å². The minimum absolute atomic E-state index is 0.293. The Morgan fingerprint density at radius 2 is 1.59 bits per heavy atom. The van der Waals surface area contributed by atoms with Gasteiger partial charge in [0.15, 0.2) is 5.82 Å². The van der Waals surface area contributed by atoms with Crippen LogP contribution < -0.4 is 4.72 Å². The number of sulfonamides is 1. The van der Waals surface area contributed by atoms with Crippen LogP contribution >= 0.6 is 11.6 Å². The van der Waals surface area contributed by atoms with Crippen molar-refractivity contribution in [3.63, 3.8) is 0 Å². The van der Waals surface area contributed by atoms with Crippen LogP contribution in [0.3, 0.4) is 0 Å². The van der Waals surface area contributed by atoms with Crippen molar-refractivity contribution in [3.05, 3.63) is 75.4 Å². The van der Waals surface area contributed by atoms with Crippen molar-refractivity contribution in [2.45, 2.75) is 39.1 Å². The third-order valence-corrected chi connectivity index (χ3v) is 6.58. The Hall–Kier alpha value is -2.31. The maximum absolute atomic E-state index is 13.0. The summed E-state index contributed by atoms with van der Waals surface area (Å²) in [7, 11) is -3.73. The lowest BCUT2D eigenvalue weighted by molar-refractivity contribution is 0.599. The summed E-state index contributed by atoms with van der Waals surface area (Å²) in [6.45, 7) is 8.02. The summed E-state index contributed by atoms with van der Waals surface area (Å²) < 4.78 is 30.2. The van der Waals surface area contributed by atoms with E-state index in [9.17, 15) is 8.42 Å². The number of hydrogen-bond donors (Lipinski definition) is 1. The van der Waals surface area contributed by atoms with Crippen LogP contribution in [-0.2, 0) is 16.6 Å². The van der Waals surface area contributed by atoms with E-state index in [1.54, 1.807) is 16.9 Å². The molecule has 2 aromatic carbocycles. The molecule has 0 aliphatic heterocycles. The lowest BCUT2D eigenvalue weighted by Crippen LogP contribution is -2.17. The van der Waals surface area contributed by atoms with E-state index in [-0.39, 0.29) is 0 Å². The second-order valence-electron chi connectivity index (χ2n) is 6.72. The molecule has 3 aromatic rings. The van der Waals surface area contributed by atoms with Crippen LogP contribution in [0.2, 0.25) is 5.02 Å². The van der Waals surface area contributed by atoms with Crippen molar-refractivity contribution in [2.24, 2.45) is 0 Å². The standard InChI is InChI=1S/C20H22ClN3O2S/c1-13-11-14(2)16(4)20(15(13)3)27(25,26)23-19-9-10-24(22-19)12-17-5-7-18(21)8-6-17/h5-11H,12H2,1-4H3,(H,22,23). The molecule has 0 unspecified atom stereocenters. The van der Waals surface area contributed by atoms with Gasteiger partial charge in [0.2, 0.25) is 0 Å². The van der Waals surface area contributed by atoms with Gasteiger partial charge in [-0.25, -0.2) is 8.42 Å². The van der Waals surface area contributed by atoms with Crippen LogP contribution in [0.15, 0.2) is 47.5 Å². The first-order valence-electron chi connectivity index (χ1n) is 8.55. The fourth-order valence-electron chi connectivity index (χ4n) is 3.05. The Labute approximate surface area is 165 Å². The molecule has 0 aliphatic carbocycles. The molecule has 0 amide bonds. The van der Waals surface area contributed by atoms with Crippen molar-refractivity contribution in [1.82, 2.24) is 9.78 Å². The fourth-order valence-corrected chi connectivity index (χ4v) is 4.79. The zero-order valence-electron chi connectivity index (χ0n) is 15.7. The van der Waals surface area contributed by atoms with E-state index in [1.165, 1.54) is 0 Å². The number of aromatic nitrogens is 2. The normalized spacial score (nSPS) is 11.6. The molecule has 0 saturated heterocycles. The van der Waals surface area contributed by atoms with Crippen molar-refractivity contribution in [2.75, 3.05) is 4.72 Å². The van der Waals surface area contributed by atoms with Gasteiger partial charge in [0.25, 0.3) is 10.0 Å². The smallest absolute Gasteiger partial charge is 0.263 e. The number of hydrogen-bond acceptors (Lipinski definition) is 3. The van der Waals surface area contributed by atoms with E-state index < -0.39 is 10.0 Å². The molecule has 0 aliphatic rings. The molecule has 1 heterocycles. The largest absolute Gasteiger partial charge is 0.266 e. The summed E-state index contributed by atoms with van der Waals surface area (Å²) in [4.78, 5) is 0.326. The molecule has 142 valence electrons. The highest BCUT2D eigenvalue weighted by atomic mass is 35.5. The van der Waals surface area contributed by atoms with Crippen LogP contribution in [0.5, 0.6) is 0 Å². The highest BCUT2D eigenvalue weighted by Crippen LogP contribution is 2.27. The minimum atomic E-state index is -3.73. The van der Waals surface area contributed by atoms with Crippen molar-refractivity contribution < 1.29 is 8.42 Å². The van der Waals surface area contributed by atoms with Gasteiger partial charge < -0.3 is 0 Å². The molecule has 5 nitrogen and oxygen atoms in total. The molecule has 0 fully saturated rings. The molecule has 0 radical (unpaired) electrons. The lowest BCUT2D eigenvalue weighted by Gasteiger charge is -2.15. The lowest BCUT2D eigenvalue weighted by atomic mass is 10.0. The molecule has 7 heteroatoms. The number of benzene rings is 2. The summed E-state index contributed by atoms with van der Waals surface area (Å²) >= 11 is 5.90. The zero-order chi connectivity index (χ0) is 19.8. The molecule has 1 N–H and O–H groups in total. The van der Waals surface area contributed by atoms with Gasteiger partial charge in [-0.2, -0.15) is 5.10 Å². The van der Waals surface area contributed by atoms with E-state index >= 15 is 0 Å². The SMILES string of the molecule is Cc1cc(C)c(C)c(S(=O)(=O)Nc2ccn(Cc3ccc(Cl)cc3)n2)c1C. The van der Waals surface area contributed by atoms with Crippen LogP contribution in [0.25, 0.3) is 0 Å². The Kier molecular flexibility index (Phi) is 5.31. The van der Waals surface area contributed by atoms with Crippen LogP contribution in [0, 0.1) is 27.7 Å². The number of anilines is 1. The highest BCUT2D eigenvalue weighted by molar-refractivity contribution is 7.92. The van der Waals surface area contributed by atoms with Gasteiger partial charge in [-0.15, -0.1) is 0 Å². The first-order chi connectivity index (χ1) is 12.7. The van der Waals surface area contributed by atoms with E-state index in [0.29, 0.717) is 22.3 Å². The van der Waals surface area contributed by atoms with Gasteiger partial charge >= 0.3 is 0 Å². The van der Waals surface area contributed by atoms with Crippen LogP contribution in [0.1, 0.15) is 27.8 Å². The van der Waals surface area contributed by atoms with E-state index in [1.807, 2.05) is 58.0 Å². The predicted octanol–water partition coefficient (Wildman–Crippen LogP) is 4.62. The first kappa shape index (κ1) is 19.5. The maximum Gasteiger partial charge on any atom is 0.263 e. The Morgan fingerprint density at radius 1 is 1.00 bits per heavy atom. The third kappa shape index (κ3) is 4.17. The highest BCUT2D eigenvalue weighted by Gasteiger charge is 2.23. The quantitative estimate of drug-likeness (QED) is 0.676. The Morgan fingerprint density at radius 3 is 2.19 bits per heavy atom. The molecule has 0 bridgehead atoms. The van der Waals surface area contributed by atoms with Gasteiger partial charge in [-0.1, -0.05) is 29.8 Å². The predicted molar refractivity (Wildman–Crippen MR) is 109 cm³/mol. The molecule has 1 aromatic heterocycles. The molecular formula is C20H22ClN3O2S. The number of nitrogens with zero attached hydrogens (tertiary/aromatic N) is 2. The molecule has 27 heavy (non-hydrogen) atoms. The number of rotatable bonds is 5. The zero-order valence-corrected chi connectivity index (χ0v) is 17.3.